The maximum atomic E-state index is 11.6. The Hall–Kier alpha value is -1.55. The summed E-state index contributed by atoms with van der Waals surface area (Å²) in [5.74, 6) is 0.960. The van der Waals surface area contributed by atoms with Crippen LogP contribution < -0.4 is 4.74 Å². The Morgan fingerprint density at radius 2 is 2.30 bits per heavy atom. The van der Waals surface area contributed by atoms with Crippen molar-refractivity contribution in [2.45, 2.75) is 25.4 Å². The van der Waals surface area contributed by atoms with Crippen LogP contribution in [0, 0.1) is 5.92 Å². The van der Waals surface area contributed by atoms with E-state index in [1.54, 1.807) is 0 Å². The number of hydrogen-bond donors (Lipinski definition) is 0. The standard InChI is InChI=1S/C16H21NO3/c1-19-16(18)13-6-4-8-17(10-13)11-14-9-12-5-2-3-7-15(12)20-14/h2-3,5,7,13-14H,4,6,8-11H2,1H3/t13-,14?/m0/s1. The molecule has 0 N–H and O–H groups in total. The van der Waals surface area contributed by atoms with Gasteiger partial charge in [-0.1, -0.05) is 18.2 Å². The van der Waals surface area contributed by atoms with Gasteiger partial charge in [0, 0.05) is 19.5 Å². The van der Waals surface area contributed by atoms with Gasteiger partial charge >= 0.3 is 5.97 Å². The minimum absolute atomic E-state index is 0.0255. The zero-order valence-corrected chi connectivity index (χ0v) is 11.9. The van der Waals surface area contributed by atoms with Crippen LogP contribution in [0.15, 0.2) is 24.3 Å². The van der Waals surface area contributed by atoms with Crippen molar-refractivity contribution in [1.29, 1.82) is 0 Å². The maximum absolute atomic E-state index is 11.6. The Morgan fingerprint density at radius 1 is 1.45 bits per heavy atom. The first-order valence-electron chi connectivity index (χ1n) is 7.31. The Bertz CT molecular complexity index is 463. The molecule has 2 heterocycles. The van der Waals surface area contributed by atoms with E-state index in [1.165, 1.54) is 12.7 Å². The smallest absolute Gasteiger partial charge is 0.309 e. The van der Waals surface area contributed by atoms with Gasteiger partial charge in [-0.2, -0.15) is 0 Å². The van der Waals surface area contributed by atoms with Crippen molar-refractivity contribution in [2.24, 2.45) is 5.92 Å². The fourth-order valence-corrected chi connectivity index (χ4v) is 3.22. The molecule has 0 aromatic heterocycles. The van der Waals surface area contributed by atoms with Crippen molar-refractivity contribution in [2.75, 3.05) is 26.7 Å². The lowest BCUT2D eigenvalue weighted by atomic mass is 9.97. The number of ether oxygens (including phenoxy) is 2. The van der Waals surface area contributed by atoms with E-state index < -0.39 is 0 Å². The summed E-state index contributed by atoms with van der Waals surface area (Å²) in [4.78, 5) is 14.0. The Kier molecular flexibility index (Phi) is 3.92. The highest BCUT2D eigenvalue weighted by Gasteiger charge is 2.30. The SMILES string of the molecule is COC(=O)[C@H]1CCCN(CC2Cc3ccccc3O2)C1. The van der Waals surface area contributed by atoms with Gasteiger partial charge in [-0.05, 0) is 31.0 Å². The average Bonchev–Trinajstić information content (AvgIpc) is 2.88. The average molecular weight is 275 g/mol. The molecule has 4 heteroatoms. The normalized spacial score (nSPS) is 25.9. The molecule has 2 aliphatic heterocycles. The molecule has 0 spiro atoms. The molecule has 0 radical (unpaired) electrons. The van der Waals surface area contributed by atoms with Gasteiger partial charge in [0.15, 0.2) is 0 Å². The molecular formula is C16H21NO3. The molecule has 4 nitrogen and oxygen atoms in total. The van der Waals surface area contributed by atoms with Crippen molar-refractivity contribution in [3.63, 3.8) is 0 Å². The molecule has 1 aromatic carbocycles. The fourth-order valence-electron chi connectivity index (χ4n) is 3.22. The highest BCUT2D eigenvalue weighted by Crippen LogP contribution is 2.29. The molecule has 0 aliphatic carbocycles. The number of fused-ring (bicyclic) bond motifs is 1. The number of nitrogens with zero attached hydrogens (tertiary/aromatic N) is 1. The maximum Gasteiger partial charge on any atom is 0.309 e. The summed E-state index contributed by atoms with van der Waals surface area (Å²) in [6.45, 7) is 2.73. The van der Waals surface area contributed by atoms with Crippen molar-refractivity contribution >= 4 is 5.97 Å². The van der Waals surface area contributed by atoms with E-state index in [9.17, 15) is 4.79 Å². The number of carbonyl (C=O) groups is 1. The summed E-state index contributed by atoms with van der Waals surface area (Å²) in [6.07, 6.45) is 3.17. The van der Waals surface area contributed by atoms with E-state index in [-0.39, 0.29) is 18.0 Å². The molecule has 2 aliphatic rings. The number of para-hydroxylation sites is 1. The zero-order chi connectivity index (χ0) is 13.9. The molecule has 20 heavy (non-hydrogen) atoms. The molecule has 2 atom stereocenters. The lowest BCUT2D eigenvalue weighted by Crippen LogP contribution is -2.43. The molecule has 108 valence electrons. The quantitative estimate of drug-likeness (QED) is 0.790. The van der Waals surface area contributed by atoms with E-state index >= 15 is 0 Å². The van der Waals surface area contributed by atoms with Crippen LogP contribution in [0.5, 0.6) is 5.75 Å². The van der Waals surface area contributed by atoms with Crippen LogP contribution in [0.25, 0.3) is 0 Å². The molecule has 1 saturated heterocycles. The van der Waals surface area contributed by atoms with Gasteiger partial charge in [-0.15, -0.1) is 0 Å². The number of hydrogen-bond acceptors (Lipinski definition) is 4. The van der Waals surface area contributed by atoms with Crippen LogP contribution in [0.2, 0.25) is 0 Å². The number of methoxy groups -OCH3 is 1. The number of esters is 1. The largest absolute Gasteiger partial charge is 0.488 e. The number of carbonyl (C=O) groups excluding carboxylic acids is 1. The second-order valence-electron chi connectivity index (χ2n) is 5.67. The van der Waals surface area contributed by atoms with Crippen molar-refractivity contribution < 1.29 is 14.3 Å². The topological polar surface area (TPSA) is 38.8 Å². The van der Waals surface area contributed by atoms with Gasteiger partial charge in [0.1, 0.15) is 11.9 Å². The Morgan fingerprint density at radius 3 is 3.10 bits per heavy atom. The summed E-state index contributed by atoms with van der Waals surface area (Å²) in [6, 6.07) is 8.22. The zero-order valence-electron chi connectivity index (χ0n) is 11.9. The molecule has 1 unspecified atom stereocenters. The van der Waals surface area contributed by atoms with Gasteiger partial charge in [-0.3, -0.25) is 9.69 Å². The molecule has 0 amide bonds. The van der Waals surface area contributed by atoms with Crippen LogP contribution in [0.3, 0.4) is 0 Å². The predicted octanol–water partition coefficient (Wildman–Crippen LogP) is 1.88. The lowest BCUT2D eigenvalue weighted by Gasteiger charge is -2.32. The molecule has 0 bridgehead atoms. The molecule has 1 fully saturated rings. The summed E-state index contributed by atoms with van der Waals surface area (Å²) in [5, 5.41) is 0. The van der Waals surface area contributed by atoms with Crippen molar-refractivity contribution in [3.8, 4) is 5.75 Å². The lowest BCUT2D eigenvalue weighted by molar-refractivity contribution is -0.147. The van der Waals surface area contributed by atoms with E-state index in [1.807, 2.05) is 12.1 Å². The highest BCUT2D eigenvalue weighted by molar-refractivity contribution is 5.72. The van der Waals surface area contributed by atoms with Crippen LogP contribution >= 0.6 is 0 Å². The number of piperidine rings is 1. The summed E-state index contributed by atoms with van der Waals surface area (Å²) in [7, 11) is 1.47. The van der Waals surface area contributed by atoms with E-state index in [0.717, 1.165) is 44.6 Å². The molecule has 0 saturated carbocycles. The number of benzene rings is 1. The third-order valence-electron chi connectivity index (χ3n) is 4.22. The van der Waals surface area contributed by atoms with Gasteiger partial charge < -0.3 is 9.47 Å². The summed E-state index contributed by atoms with van der Waals surface area (Å²) < 4.78 is 10.8. The minimum atomic E-state index is -0.0784. The monoisotopic (exact) mass is 275 g/mol. The van der Waals surface area contributed by atoms with Gasteiger partial charge in [0.2, 0.25) is 0 Å². The second kappa shape index (κ2) is 5.83. The van der Waals surface area contributed by atoms with Crippen LogP contribution in [-0.4, -0.2) is 43.7 Å². The molecule has 1 aromatic rings. The van der Waals surface area contributed by atoms with Crippen molar-refractivity contribution in [1.82, 2.24) is 4.90 Å². The molecule has 3 rings (SSSR count). The minimum Gasteiger partial charge on any atom is -0.488 e. The van der Waals surface area contributed by atoms with Crippen LogP contribution in [0.4, 0.5) is 0 Å². The Balaban J connectivity index is 1.56. The van der Waals surface area contributed by atoms with Crippen LogP contribution in [0.1, 0.15) is 18.4 Å². The first-order chi connectivity index (χ1) is 9.76. The first kappa shape index (κ1) is 13.4. The third kappa shape index (κ3) is 2.80. The predicted molar refractivity (Wildman–Crippen MR) is 75.7 cm³/mol. The van der Waals surface area contributed by atoms with Gasteiger partial charge in [0.05, 0.1) is 13.0 Å². The highest BCUT2D eigenvalue weighted by atomic mass is 16.5. The second-order valence-corrected chi connectivity index (χ2v) is 5.67. The fraction of sp³-hybridized carbons (Fsp3) is 0.562. The van der Waals surface area contributed by atoms with Gasteiger partial charge in [-0.25, -0.2) is 0 Å². The summed E-state index contributed by atoms with van der Waals surface area (Å²) >= 11 is 0. The van der Waals surface area contributed by atoms with E-state index in [2.05, 4.69) is 17.0 Å². The number of likely N-dealkylation sites (tertiary alicyclic amines) is 1. The van der Waals surface area contributed by atoms with E-state index in [0.29, 0.717) is 0 Å². The third-order valence-corrected chi connectivity index (χ3v) is 4.22. The molecular weight excluding hydrogens is 254 g/mol. The Labute approximate surface area is 119 Å². The van der Waals surface area contributed by atoms with Gasteiger partial charge in [0.25, 0.3) is 0 Å². The number of rotatable bonds is 3. The first-order valence-corrected chi connectivity index (χ1v) is 7.31. The van der Waals surface area contributed by atoms with Crippen molar-refractivity contribution in [3.05, 3.63) is 29.8 Å². The van der Waals surface area contributed by atoms with E-state index in [4.69, 9.17) is 9.47 Å². The van der Waals surface area contributed by atoms with Crippen LogP contribution in [-0.2, 0) is 16.0 Å². The summed E-state index contributed by atoms with van der Waals surface area (Å²) in [5.41, 5.74) is 1.29.